The van der Waals surface area contributed by atoms with Crippen LogP contribution < -0.4 is 4.74 Å². The zero-order valence-corrected chi connectivity index (χ0v) is 11.6. The van der Waals surface area contributed by atoms with Gasteiger partial charge in [0.15, 0.2) is 0 Å². The molecular weight excluding hydrogens is 312 g/mol. The Morgan fingerprint density at radius 3 is 2.88 bits per heavy atom. The molecule has 0 amide bonds. The first-order valence-corrected chi connectivity index (χ1v) is 6.61. The maximum atomic E-state index is 5.70. The number of ether oxygens (including phenoxy) is 1. The SMILES string of the molecule is COc1ccc(Br)c(-c2nnc(CCl)s2)c1. The minimum Gasteiger partial charge on any atom is -0.497 e. The third kappa shape index (κ3) is 2.36. The van der Waals surface area contributed by atoms with E-state index in [1.54, 1.807) is 7.11 Å². The zero-order valence-electron chi connectivity index (χ0n) is 8.41. The number of alkyl halides is 1. The van der Waals surface area contributed by atoms with E-state index in [0.717, 1.165) is 25.8 Å². The van der Waals surface area contributed by atoms with Gasteiger partial charge in [-0.3, -0.25) is 0 Å². The van der Waals surface area contributed by atoms with Gasteiger partial charge in [-0.2, -0.15) is 0 Å². The molecule has 6 heteroatoms. The van der Waals surface area contributed by atoms with Crippen LogP contribution in [0.15, 0.2) is 22.7 Å². The summed E-state index contributed by atoms with van der Waals surface area (Å²) >= 11 is 10.7. The van der Waals surface area contributed by atoms with Crippen molar-refractivity contribution in [3.8, 4) is 16.3 Å². The number of halogens is 2. The van der Waals surface area contributed by atoms with Crippen molar-refractivity contribution in [1.82, 2.24) is 10.2 Å². The molecule has 0 saturated carbocycles. The molecule has 0 aliphatic rings. The number of methoxy groups -OCH3 is 1. The number of benzene rings is 1. The molecular formula is C10H8BrClN2OS. The van der Waals surface area contributed by atoms with Crippen LogP contribution in [-0.4, -0.2) is 17.3 Å². The fourth-order valence-electron chi connectivity index (χ4n) is 1.21. The molecule has 1 aromatic carbocycles. The molecule has 0 spiro atoms. The number of rotatable bonds is 3. The van der Waals surface area contributed by atoms with Crippen LogP contribution in [0.4, 0.5) is 0 Å². The van der Waals surface area contributed by atoms with Gasteiger partial charge in [-0.15, -0.1) is 21.8 Å². The first-order chi connectivity index (χ1) is 7.74. The second kappa shape index (κ2) is 5.12. The first-order valence-electron chi connectivity index (χ1n) is 4.47. The van der Waals surface area contributed by atoms with Crippen LogP contribution in [0.3, 0.4) is 0 Å². The number of nitrogens with zero attached hydrogens (tertiary/aromatic N) is 2. The molecule has 2 rings (SSSR count). The smallest absolute Gasteiger partial charge is 0.149 e. The summed E-state index contributed by atoms with van der Waals surface area (Å²) in [5.74, 6) is 1.18. The molecule has 2 aromatic rings. The van der Waals surface area contributed by atoms with Gasteiger partial charge in [-0.25, -0.2) is 0 Å². The molecule has 1 aromatic heterocycles. The highest BCUT2D eigenvalue weighted by Crippen LogP contribution is 2.33. The molecule has 0 N–H and O–H groups in total. The van der Waals surface area contributed by atoms with Crippen LogP contribution >= 0.6 is 38.9 Å². The number of hydrogen-bond donors (Lipinski definition) is 0. The molecule has 0 aliphatic carbocycles. The lowest BCUT2D eigenvalue weighted by molar-refractivity contribution is 0.415. The average molecular weight is 320 g/mol. The topological polar surface area (TPSA) is 35.0 Å². The third-order valence-corrected chi connectivity index (χ3v) is 4.04. The molecule has 16 heavy (non-hydrogen) atoms. The highest BCUT2D eigenvalue weighted by Gasteiger charge is 2.10. The Morgan fingerprint density at radius 2 is 2.25 bits per heavy atom. The van der Waals surface area contributed by atoms with Gasteiger partial charge in [0, 0.05) is 10.0 Å². The van der Waals surface area contributed by atoms with E-state index in [-0.39, 0.29) is 0 Å². The van der Waals surface area contributed by atoms with Gasteiger partial charge < -0.3 is 4.74 Å². The normalized spacial score (nSPS) is 10.4. The van der Waals surface area contributed by atoms with Crippen molar-refractivity contribution < 1.29 is 4.74 Å². The molecule has 0 unspecified atom stereocenters. The quantitative estimate of drug-likeness (QED) is 0.809. The second-order valence-electron chi connectivity index (χ2n) is 2.98. The van der Waals surface area contributed by atoms with Gasteiger partial charge in [-0.05, 0) is 18.2 Å². The second-order valence-corrected chi connectivity index (χ2v) is 5.16. The van der Waals surface area contributed by atoms with Gasteiger partial charge >= 0.3 is 0 Å². The maximum Gasteiger partial charge on any atom is 0.149 e. The van der Waals surface area contributed by atoms with E-state index in [1.807, 2.05) is 18.2 Å². The highest BCUT2D eigenvalue weighted by atomic mass is 79.9. The fraction of sp³-hybridized carbons (Fsp3) is 0.200. The predicted molar refractivity (Wildman–Crippen MR) is 69.2 cm³/mol. The van der Waals surface area contributed by atoms with Crippen molar-refractivity contribution in [1.29, 1.82) is 0 Å². The van der Waals surface area contributed by atoms with Crippen LogP contribution in [0.2, 0.25) is 0 Å². The van der Waals surface area contributed by atoms with Crippen molar-refractivity contribution in [2.45, 2.75) is 5.88 Å². The standard InChI is InChI=1S/C10H8BrClN2OS/c1-15-6-2-3-8(11)7(4-6)10-14-13-9(5-12)16-10/h2-4H,5H2,1H3. The van der Waals surface area contributed by atoms with E-state index in [4.69, 9.17) is 16.3 Å². The van der Waals surface area contributed by atoms with Crippen molar-refractivity contribution in [3.05, 3.63) is 27.7 Å². The minimum atomic E-state index is 0.388. The monoisotopic (exact) mass is 318 g/mol. The minimum absolute atomic E-state index is 0.388. The summed E-state index contributed by atoms with van der Waals surface area (Å²) in [6.07, 6.45) is 0. The molecule has 0 atom stereocenters. The largest absolute Gasteiger partial charge is 0.497 e. The van der Waals surface area contributed by atoms with Crippen molar-refractivity contribution in [2.75, 3.05) is 7.11 Å². The van der Waals surface area contributed by atoms with Gasteiger partial charge in [0.05, 0.1) is 13.0 Å². The lowest BCUT2D eigenvalue weighted by atomic mass is 10.2. The summed E-state index contributed by atoms with van der Waals surface area (Å²) in [6, 6.07) is 5.73. The summed E-state index contributed by atoms with van der Waals surface area (Å²) in [5.41, 5.74) is 0.966. The van der Waals surface area contributed by atoms with E-state index >= 15 is 0 Å². The summed E-state index contributed by atoms with van der Waals surface area (Å²) in [4.78, 5) is 0. The Hall–Kier alpha value is -0.650. The van der Waals surface area contributed by atoms with E-state index < -0.39 is 0 Å². The molecule has 0 radical (unpaired) electrons. The summed E-state index contributed by atoms with van der Waals surface area (Å²) in [5, 5.41) is 9.72. The number of aromatic nitrogens is 2. The Labute approximate surface area is 111 Å². The van der Waals surface area contributed by atoms with Crippen LogP contribution in [0.5, 0.6) is 5.75 Å². The van der Waals surface area contributed by atoms with E-state index in [1.165, 1.54) is 11.3 Å². The Bertz CT molecular complexity index is 503. The van der Waals surface area contributed by atoms with Gasteiger partial charge in [0.1, 0.15) is 15.8 Å². The van der Waals surface area contributed by atoms with Crippen LogP contribution in [0.25, 0.3) is 10.6 Å². The summed E-state index contributed by atoms with van der Waals surface area (Å²) < 4.78 is 6.14. The molecule has 0 saturated heterocycles. The van der Waals surface area contributed by atoms with Crippen molar-refractivity contribution in [2.24, 2.45) is 0 Å². The zero-order chi connectivity index (χ0) is 11.5. The third-order valence-electron chi connectivity index (χ3n) is 1.99. The predicted octanol–water partition coefficient (Wildman–Crippen LogP) is 3.72. The molecule has 0 bridgehead atoms. The molecule has 1 heterocycles. The highest BCUT2D eigenvalue weighted by molar-refractivity contribution is 9.10. The van der Waals surface area contributed by atoms with E-state index in [2.05, 4.69) is 26.1 Å². The van der Waals surface area contributed by atoms with Gasteiger partial charge in [0.25, 0.3) is 0 Å². The van der Waals surface area contributed by atoms with Crippen molar-refractivity contribution in [3.63, 3.8) is 0 Å². The first kappa shape index (κ1) is 11.8. The summed E-state index contributed by atoms with van der Waals surface area (Å²) in [6.45, 7) is 0. The molecule has 0 fully saturated rings. The lowest BCUT2D eigenvalue weighted by Gasteiger charge is -2.03. The van der Waals surface area contributed by atoms with Crippen LogP contribution in [-0.2, 0) is 5.88 Å². The maximum absolute atomic E-state index is 5.70. The van der Waals surface area contributed by atoms with E-state index in [0.29, 0.717) is 5.88 Å². The Balaban J connectivity index is 2.45. The average Bonchev–Trinajstić information content (AvgIpc) is 2.78. The molecule has 0 aliphatic heterocycles. The fourth-order valence-corrected chi connectivity index (χ4v) is 2.71. The Kier molecular flexibility index (Phi) is 3.78. The lowest BCUT2D eigenvalue weighted by Crippen LogP contribution is -1.85. The molecule has 84 valence electrons. The van der Waals surface area contributed by atoms with Crippen LogP contribution in [0, 0.1) is 0 Å². The number of hydrogen-bond acceptors (Lipinski definition) is 4. The summed E-state index contributed by atoms with van der Waals surface area (Å²) in [7, 11) is 1.64. The molecule has 3 nitrogen and oxygen atoms in total. The van der Waals surface area contributed by atoms with E-state index in [9.17, 15) is 0 Å². The van der Waals surface area contributed by atoms with Crippen molar-refractivity contribution >= 4 is 38.9 Å². The Morgan fingerprint density at radius 1 is 1.44 bits per heavy atom. The van der Waals surface area contributed by atoms with Gasteiger partial charge in [0.2, 0.25) is 0 Å². The van der Waals surface area contributed by atoms with Gasteiger partial charge in [-0.1, -0.05) is 27.3 Å². The van der Waals surface area contributed by atoms with Crippen LogP contribution in [0.1, 0.15) is 5.01 Å².